The number of aliphatic hydroxyl groups is 2. The van der Waals surface area contributed by atoms with E-state index in [0.717, 1.165) is 24.8 Å². The lowest BCUT2D eigenvalue weighted by molar-refractivity contribution is -0.183. The van der Waals surface area contributed by atoms with Crippen LogP contribution in [0.15, 0.2) is 12.2 Å². The Bertz CT molecular complexity index is 307. The number of carbonyl (C=O) groups excluding carboxylic acids is 1. The smallest absolute Gasteiger partial charge is 0.363 e. The Morgan fingerprint density at radius 2 is 2.06 bits per heavy atom. The molecule has 2 unspecified atom stereocenters. The van der Waals surface area contributed by atoms with E-state index in [1.807, 2.05) is 6.92 Å². The first-order valence-electron chi connectivity index (χ1n) is 5.95. The summed E-state index contributed by atoms with van der Waals surface area (Å²) in [4.78, 5) is 11.2. The normalized spacial score (nSPS) is 27.9. The van der Waals surface area contributed by atoms with E-state index in [1.165, 1.54) is 0 Å². The highest BCUT2D eigenvalue weighted by atomic mass is 16.6. The molecule has 0 aromatic rings. The molecule has 4 heteroatoms. The second-order valence-corrected chi connectivity index (χ2v) is 5.71. The summed E-state index contributed by atoms with van der Waals surface area (Å²) in [7, 11) is 0. The molecule has 0 heterocycles. The fourth-order valence-electron chi connectivity index (χ4n) is 2.42. The molecule has 1 fully saturated rings. The summed E-state index contributed by atoms with van der Waals surface area (Å²) in [6, 6.07) is 0. The summed E-state index contributed by atoms with van der Waals surface area (Å²) >= 11 is 0. The van der Waals surface area contributed by atoms with Crippen molar-refractivity contribution in [2.24, 2.45) is 11.3 Å². The minimum Gasteiger partial charge on any atom is -0.458 e. The van der Waals surface area contributed by atoms with Gasteiger partial charge in [-0.1, -0.05) is 26.0 Å². The van der Waals surface area contributed by atoms with Crippen LogP contribution in [0.3, 0.4) is 0 Å². The molecule has 1 aliphatic rings. The van der Waals surface area contributed by atoms with Gasteiger partial charge < -0.3 is 14.9 Å². The van der Waals surface area contributed by atoms with E-state index in [1.54, 1.807) is 0 Å². The highest BCUT2D eigenvalue weighted by Crippen LogP contribution is 2.41. The van der Waals surface area contributed by atoms with Crippen molar-refractivity contribution in [3.05, 3.63) is 12.2 Å². The molecule has 1 rings (SSSR count). The Balaban J connectivity index is 2.74. The van der Waals surface area contributed by atoms with E-state index >= 15 is 0 Å². The molecule has 2 N–H and O–H groups in total. The molecule has 0 bridgehead atoms. The number of hydrogen-bond acceptors (Lipinski definition) is 4. The Hall–Kier alpha value is -0.870. The van der Waals surface area contributed by atoms with Gasteiger partial charge in [0.15, 0.2) is 0 Å². The van der Waals surface area contributed by atoms with Crippen LogP contribution in [0.5, 0.6) is 0 Å². The number of ether oxygens (including phenoxy) is 1. The van der Waals surface area contributed by atoms with Crippen LogP contribution in [0.25, 0.3) is 0 Å². The van der Waals surface area contributed by atoms with Gasteiger partial charge in [-0.2, -0.15) is 0 Å². The molecule has 0 radical (unpaired) electrons. The van der Waals surface area contributed by atoms with Gasteiger partial charge in [0.25, 0.3) is 6.29 Å². The van der Waals surface area contributed by atoms with Crippen LogP contribution >= 0.6 is 0 Å². The second-order valence-electron chi connectivity index (χ2n) is 5.71. The molecule has 1 saturated carbocycles. The minimum atomic E-state index is -2.05. The minimum absolute atomic E-state index is 0.108. The van der Waals surface area contributed by atoms with Gasteiger partial charge in [0.2, 0.25) is 0 Å². The molecule has 17 heavy (non-hydrogen) atoms. The first kappa shape index (κ1) is 14.2. The fraction of sp³-hybridized carbons (Fsp3) is 0.769. The van der Waals surface area contributed by atoms with Gasteiger partial charge >= 0.3 is 5.97 Å². The fourth-order valence-corrected chi connectivity index (χ4v) is 2.42. The van der Waals surface area contributed by atoms with Gasteiger partial charge in [0.1, 0.15) is 6.10 Å². The van der Waals surface area contributed by atoms with Crippen molar-refractivity contribution in [3.8, 4) is 0 Å². The average molecular weight is 242 g/mol. The molecule has 0 aromatic carbocycles. The van der Waals surface area contributed by atoms with E-state index < -0.39 is 12.3 Å². The SMILES string of the molecule is C=C(C)C1CCC(C)(C)CC1OC(=O)C(O)O. The zero-order valence-electron chi connectivity index (χ0n) is 10.8. The second kappa shape index (κ2) is 5.19. The summed E-state index contributed by atoms with van der Waals surface area (Å²) in [5.74, 6) is -0.857. The average Bonchev–Trinajstić information content (AvgIpc) is 2.15. The summed E-state index contributed by atoms with van der Waals surface area (Å²) in [5, 5.41) is 17.5. The molecular formula is C13H22O4. The van der Waals surface area contributed by atoms with Gasteiger partial charge in [-0.3, -0.25) is 0 Å². The maximum Gasteiger partial charge on any atom is 0.363 e. The lowest BCUT2D eigenvalue weighted by atomic mass is 9.70. The lowest BCUT2D eigenvalue weighted by Crippen LogP contribution is -2.39. The third-order valence-corrected chi connectivity index (χ3v) is 3.45. The van der Waals surface area contributed by atoms with Crippen LogP contribution in [0, 0.1) is 11.3 Å². The molecule has 1 aliphatic carbocycles. The molecule has 0 amide bonds. The van der Waals surface area contributed by atoms with Crippen molar-refractivity contribution in [1.82, 2.24) is 0 Å². The van der Waals surface area contributed by atoms with E-state index in [-0.39, 0.29) is 17.4 Å². The Kier molecular flexibility index (Phi) is 4.33. The van der Waals surface area contributed by atoms with Gasteiger partial charge in [0, 0.05) is 5.92 Å². The number of aliphatic hydroxyl groups excluding tert-OH is 1. The molecular weight excluding hydrogens is 220 g/mol. The quantitative estimate of drug-likeness (QED) is 0.448. The van der Waals surface area contributed by atoms with Crippen LogP contribution in [0.1, 0.15) is 40.0 Å². The maximum absolute atomic E-state index is 11.2. The van der Waals surface area contributed by atoms with Crippen molar-refractivity contribution in [3.63, 3.8) is 0 Å². The summed E-state index contributed by atoms with van der Waals surface area (Å²) in [6.45, 7) is 10.1. The number of esters is 1. The van der Waals surface area contributed by atoms with Gasteiger partial charge in [-0.15, -0.1) is 0 Å². The predicted octanol–water partition coefficient (Wildman–Crippen LogP) is 1.61. The summed E-state index contributed by atoms with van der Waals surface area (Å²) in [5.41, 5.74) is 1.09. The zero-order chi connectivity index (χ0) is 13.2. The molecule has 98 valence electrons. The molecule has 4 nitrogen and oxygen atoms in total. The number of carbonyl (C=O) groups is 1. The maximum atomic E-state index is 11.2. The largest absolute Gasteiger partial charge is 0.458 e. The number of rotatable bonds is 3. The van der Waals surface area contributed by atoms with Gasteiger partial charge in [-0.05, 0) is 31.6 Å². The molecule has 0 saturated heterocycles. The monoisotopic (exact) mass is 242 g/mol. The van der Waals surface area contributed by atoms with Crippen LogP contribution in [-0.2, 0) is 9.53 Å². The van der Waals surface area contributed by atoms with Crippen LogP contribution in [0.4, 0.5) is 0 Å². The highest BCUT2D eigenvalue weighted by Gasteiger charge is 2.38. The van der Waals surface area contributed by atoms with Crippen molar-refractivity contribution < 1.29 is 19.7 Å². The molecule has 0 spiro atoms. The van der Waals surface area contributed by atoms with Crippen LogP contribution in [0.2, 0.25) is 0 Å². The third-order valence-electron chi connectivity index (χ3n) is 3.45. The van der Waals surface area contributed by atoms with Crippen molar-refractivity contribution in [1.29, 1.82) is 0 Å². The third kappa shape index (κ3) is 3.82. The first-order chi connectivity index (χ1) is 7.73. The lowest BCUT2D eigenvalue weighted by Gasteiger charge is -2.40. The van der Waals surface area contributed by atoms with Gasteiger partial charge in [0.05, 0.1) is 0 Å². The summed E-state index contributed by atoms with van der Waals surface area (Å²) in [6.07, 6.45) is 0.349. The van der Waals surface area contributed by atoms with Gasteiger partial charge in [-0.25, -0.2) is 4.79 Å². The Labute approximate surface area is 102 Å². The first-order valence-corrected chi connectivity index (χ1v) is 5.95. The Morgan fingerprint density at radius 1 is 1.47 bits per heavy atom. The predicted molar refractivity (Wildman–Crippen MR) is 64.0 cm³/mol. The standard InChI is InChI=1S/C13H22O4/c1-8(2)9-5-6-13(3,4)7-10(9)17-12(16)11(14)15/h9-11,14-15H,1,5-7H2,2-4H3. The van der Waals surface area contributed by atoms with Crippen LogP contribution in [-0.4, -0.2) is 28.6 Å². The highest BCUT2D eigenvalue weighted by molar-refractivity contribution is 5.72. The number of hydrogen-bond donors (Lipinski definition) is 2. The van der Waals surface area contributed by atoms with Crippen LogP contribution < -0.4 is 0 Å². The summed E-state index contributed by atoms with van der Waals surface area (Å²) < 4.78 is 5.16. The molecule has 0 aliphatic heterocycles. The topological polar surface area (TPSA) is 66.8 Å². The van der Waals surface area contributed by atoms with Crippen molar-refractivity contribution in [2.45, 2.75) is 52.4 Å². The van der Waals surface area contributed by atoms with Crippen molar-refractivity contribution in [2.75, 3.05) is 0 Å². The van der Waals surface area contributed by atoms with E-state index in [0.29, 0.717) is 0 Å². The van der Waals surface area contributed by atoms with E-state index in [4.69, 9.17) is 14.9 Å². The van der Waals surface area contributed by atoms with Crippen molar-refractivity contribution >= 4 is 5.97 Å². The molecule has 0 aromatic heterocycles. The molecule has 2 atom stereocenters. The Morgan fingerprint density at radius 3 is 2.53 bits per heavy atom. The zero-order valence-corrected chi connectivity index (χ0v) is 10.8. The van der Waals surface area contributed by atoms with E-state index in [9.17, 15) is 4.79 Å². The van der Waals surface area contributed by atoms with E-state index in [2.05, 4.69) is 20.4 Å².